The van der Waals surface area contributed by atoms with Gasteiger partial charge in [-0.05, 0) is 52.5 Å². The molecule has 2 saturated heterocycles. The number of nitrogens with one attached hydrogen (secondary N) is 1. The predicted molar refractivity (Wildman–Crippen MR) is 87.4 cm³/mol. The van der Waals surface area contributed by atoms with Crippen LogP contribution < -0.4 is 5.32 Å². The molecule has 0 aromatic carbocycles. The van der Waals surface area contributed by atoms with Crippen molar-refractivity contribution < 1.29 is 4.79 Å². The largest absolute Gasteiger partial charge is 0.342 e. The quantitative estimate of drug-likeness (QED) is 0.782. The van der Waals surface area contributed by atoms with Gasteiger partial charge in [0.05, 0.1) is 6.54 Å². The highest BCUT2D eigenvalue weighted by Crippen LogP contribution is 2.33. The van der Waals surface area contributed by atoms with Gasteiger partial charge >= 0.3 is 0 Å². The van der Waals surface area contributed by atoms with Gasteiger partial charge in [-0.2, -0.15) is 0 Å². The maximum atomic E-state index is 12.4. The molecule has 122 valence electrons. The van der Waals surface area contributed by atoms with Gasteiger partial charge < -0.3 is 10.2 Å². The first-order valence-corrected chi connectivity index (χ1v) is 8.96. The molecule has 2 fully saturated rings. The van der Waals surface area contributed by atoms with E-state index in [1.807, 2.05) is 4.90 Å². The fourth-order valence-electron chi connectivity index (χ4n) is 4.08. The minimum Gasteiger partial charge on any atom is -0.342 e. The third kappa shape index (κ3) is 4.19. The van der Waals surface area contributed by atoms with Gasteiger partial charge in [-0.1, -0.05) is 13.3 Å². The molecule has 2 rings (SSSR count). The van der Waals surface area contributed by atoms with Crippen molar-refractivity contribution in [3.05, 3.63) is 0 Å². The van der Waals surface area contributed by atoms with Gasteiger partial charge in [-0.15, -0.1) is 0 Å². The Morgan fingerprint density at radius 3 is 2.29 bits per heavy atom. The van der Waals surface area contributed by atoms with Crippen LogP contribution in [0.4, 0.5) is 0 Å². The Morgan fingerprint density at radius 1 is 1.14 bits per heavy atom. The molecular formula is C17H33N3O. The van der Waals surface area contributed by atoms with Gasteiger partial charge in [0.2, 0.25) is 5.91 Å². The summed E-state index contributed by atoms with van der Waals surface area (Å²) in [6.45, 7) is 9.80. The van der Waals surface area contributed by atoms with Crippen LogP contribution in [0, 0.1) is 0 Å². The molecule has 2 atom stereocenters. The summed E-state index contributed by atoms with van der Waals surface area (Å²) in [7, 11) is 0. The summed E-state index contributed by atoms with van der Waals surface area (Å²) < 4.78 is 0. The van der Waals surface area contributed by atoms with Crippen LogP contribution in [0.3, 0.4) is 0 Å². The molecule has 1 amide bonds. The van der Waals surface area contributed by atoms with E-state index in [4.69, 9.17) is 0 Å². The van der Waals surface area contributed by atoms with E-state index in [0.717, 1.165) is 19.6 Å². The average molecular weight is 295 g/mol. The van der Waals surface area contributed by atoms with E-state index in [0.29, 0.717) is 30.6 Å². The molecule has 0 aromatic rings. The highest BCUT2D eigenvalue weighted by Gasteiger charge is 2.39. The summed E-state index contributed by atoms with van der Waals surface area (Å²) >= 11 is 0. The summed E-state index contributed by atoms with van der Waals surface area (Å²) in [5, 5.41) is 3.70. The van der Waals surface area contributed by atoms with Crippen LogP contribution >= 0.6 is 0 Å². The van der Waals surface area contributed by atoms with Crippen molar-refractivity contribution in [1.82, 2.24) is 15.1 Å². The Morgan fingerprint density at radius 2 is 1.76 bits per heavy atom. The lowest BCUT2D eigenvalue weighted by molar-refractivity contribution is -0.135. The summed E-state index contributed by atoms with van der Waals surface area (Å²) in [4.78, 5) is 16.9. The summed E-state index contributed by atoms with van der Waals surface area (Å²) in [5.41, 5.74) is 0. The monoisotopic (exact) mass is 295 g/mol. The number of nitrogens with zero attached hydrogens (tertiary/aromatic N) is 2. The number of rotatable bonds is 7. The molecule has 4 nitrogen and oxygen atoms in total. The molecule has 2 heterocycles. The van der Waals surface area contributed by atoms with Crippen molar-refractivity contribution in [3.8, 4) is 0 Å². The molecule has 1 N–H and O–H groups in total. The standard InChI is InChI=1S/C17H33N3O/c1-4-10-18-14-11-15-8-7-9-16(12-14)20(15)13-17(21)19(5-2)6-3/h14-16,18H,4-13H2,1-3H3. The molecule has 21 heavy (non-hydrogen) atoms. The SMILES string of the molecule is CCCNC1CC2CCCC(C1)N2CC(=O)N(CC)CC. The lowest BCUT2D eigenvalue weighted by atomic mass is 9.81. The minimum atomic E-state index is 0.317. The first kappa shape index (κ1) is 16.8. The zero-order valence-electron chi connectivity index (χ0n) is 14.1. The smallest absolute Gasteiger partial charge is 0.236 e. The fraction of sp³-hybridized carbons (Fsp3) is 0.941. The van der Waals surface area contributed by atoms with Gasteiger partial charge in [0.25, 0.3) is 0 Å². The van der Waals surface area contributed by atoms with Gasteiger partial charge in [-0.25, -0.2) is 0 Å². The van der Waals surface area contributed by atoms with E-state index < -0.39 is 0 Å². The average Bonchev–Trinajstić information content (AvgIpc) is 2.46. The molecule has 0 spiro atoms. The van der Waals surface area contributed by atoms with E-state index in [2.05, 4.69) is 31.0 Å². The maximum absolute atomic E-state index is 12.4. The van der Waals surface area contributed by atoms with Crippen molar-refractivity contribution >= 4 is 5.91 Å². The molecule has 0 saturated carbocycles. The number of fused-ring (bicyclic) bond motifs is 2. The lowest BCUT2D eigenvalue weighted by Gasteiger charge is -2.49. The van der Waals surface area contributed by atoms with E-state index >= 15 is 0 Å². The molecular weight excluding hydrogens is 262 g/mol. The van der Waals surface area contributed by atoms with Crippen LogP contribution in [0.5, 0.6) is 0 Å². The van der Waals surface area contributed by atoms with E-state index in [9.17, 15) is 4.79 Å². The Balaban J connectivity index is 1.93. The van der Waals surface area contributed by atoms with Crippen molar-refractivity contribution in [1.29, 1.82) is 0 Å². The normalized spacial score (nSPS) is 29.4. The third-order valence-electron chi connectivity index (χ3n) is 5.24. The molecule has 2 bridgehead atoms. The zero-order chi connectivity index (χ0) is 15.2. The number of amides is 1. The highest BCUT2D eigenvalue weighted by molar-refractivity contribution is 5.78. The van der Waals surface area contributed by atoms with Crippen molar-refractivity contribution in [2.24, 2.45) is 0 Å². The molecule has 2 aliphatic heterocycles. The van der Waals surface area contributed by atoms with Crippen molar-refractivity contribution in [3.63, 3.8) is 0 Å². The number of hydrogen-bond acceptors (Lipinski definition) is 3. The fourth-order valence-corrected chi connectivity index (χ4v) is 4.08. The predicted octanol–water partition coefficient (Wildman–Crippen LogP) is 2.24. The summed E-state index contributed by atoms with van der Waals surface area (Å²) in [6, 6.07) is 1.90. The summed E-state index contributed by atoms with van der Waals surface area (Å²) in [6.07, 6.45) is 7.53. The third-order valence-corrected chi connectivity index (χ3v) is 5.24. The number of carbonyl (C=O) groups is 1. The Bertz CT molecular complexity index is 316. The minimum absolute atomic E-state index is 0.317. The van der Waals surface area contributed by atoms with E-state index in [-0.39, 0.29) is 0 Å². The van der Waals surface area contributed by atoms with Crippen molar-refractivity contribution in [2.75, 3.05) is 26.2 Å². The zero-order valence-corrected chi connectivity index (χ0v) is 14.1. The van der Waals surface area contributed by atoms with E-state index in [1.165, 1.54) is 38.5 Å². The maximum Gasteiger partial charge on any atom is 0.236 e. The van der Waals surface area contributed by atoms with Crippen LogP contribution in [0.1, 0.15) is 59.3 Å². The second-order valence-electron chi connectivity index (χ2n) is 6.60. The van der Waals surface area contributed by atoms with Crippen LogP contribution in [-0.4, -0.2) is 60.0 Å². The second-order valence-corrected chi connectivity index (χ2v) is 6.60. The number of carbonyl (C=O) groups excluding carboxylic acids is 1. The first-order valence-electron chi connectivity index (χ1n) is 8.96. The molecule has 0 radical (unpaired) electrons. The number of piperidine rings is 2. The second kappa shape index (κ2) is 8.14. The molecule has 0 aliphatic carbocycles. The molecule has 4 heteroatoms. The summed E-state index contributed by atoms with van der Waals surface area (Å²) in [5.74, 6) is 0.317. The Labute approximate surface area is 130 Å². The van der Waals surface area contributed by atoms with Crippen LogP contribution in [0.15, 0.2) is 0 Å². The molecule has 2 unspecified atom stereocenters. The lowest BCUT2D eigenvalue weighted by Crippen LogP contribution is -2.58. The van der Waals surface area contributed by atoms with Crippen molar-refractivity contribution in [2.45, 2.75) is 77.4 Å². The van der Waals surface area contributed by atoms with E-state index in [1.54, 1.807) is 0 Å². The van der Waals surface area contributed by atoms with Gasteiger partial charge in [-0.3, -0.25) is 9.69 Å². The van der Waals surface area contributed by atoms with Crippen LogP contribution in [0.25, 0.3) is 0 Å². The topological polar surface area (TPSA) is 35.6 Å². The highest BCUT2D eigenvalue weighted by atomic mass is 16.2. The van der Waals surface area contributed by atoms with Crippen LogP contribution in [0.2, 0.25) is 0 Å². The molecule has 2 aliphatic rings. The van der Waals surface area contributed by atoms with Crippen LogP contribution in [-0.2, 0) is 4.79 Å². The first-order chi connectivity index (χ1) is 10.2. The number of hydrogen-bond donors (Lipinski definition) is 1. The Hall–Kier alpha value is -0.610. The Kier molecular flexibility index (Phi) is 6.49. The van der Waals surface area contributed by atoms with Gasteiger partial charge in [0.15, 0.2) is 0 Å². The van der Waals surface area contributed by atoms with Gasteiger partial charge in [0.1, 0.15) is 0 Å². The molecule has 0 aromatic heterocycles. The number of likely N-dealkylation sites (N-methyl/N-ethyl adjacent to an activating group) is 1. The van der Waals surface area contributed by atoms with Gasteiger partial charge in [0, 0.05) is 31.2 Å².